The Hall–Kier alpha value is -1.78. The van der Waals surface area contributed by atoms with Gasteiger partial charge < -0.3 is 15.0 Å². The van der Waals surface area contributed by atoms with Crippen LogP contribution in [0, 0.1) is 11.8 Å². The van der Waals surface area contributed by atoms with E-state index in [-0.39, 0.29) is 17.7 Å². The molecular weight excluding hydrogens is 232 g/mol. The van der Waals surface area contributed by atoms with Crippen LogP contribution in [0.15, 0.2) is 18.3 Å². The molecule has 2 atom stereocenters. The zero-order chi connectivity index (χ0) is 13.1. The van der Waals surface area contributed by atoms with Gasteiger partial charge in [-0.1, -0.05) is 6.42 Å². The molecule has 2 rings (SSSR count). The van der Waals surface area contributed by atoms with Gasteiger partial charge in [0, 0.05) is 19.8 Å². The summed E-state index contributed by atoms with van der Waals surface area (Å²) in [6.07, 6.45) is 4.34. The van der Waals surface area contributed by atoms with Crippen molar-refractivity contribution in [2.24, 2.45) is 18.9 Å². The average Bonchev–Trinajstić information content (AvgIpc) is 2.94. The lowest BCUT2D eigenvalue weighted by molar-refractivity contribution is -0.142. The number of nitrogens with zero attached hydrogens (tertiary/aromatic N) is 1. The fourth-order valence-electron chi connectivity index (χ4n) is 2.62. The summed E-state index contributed by atoms with van der Waals surface area (Å²) >= 11 is 0. The summed E-state index contributed by atoms with van der Waals surface area (Å²) in [7, 11) is 1.81. The van der Waals surface area contributed by atoms with Crippen LogP contribution in [0.3, 0.4) is 0 Å². The van der Waals surface area contributed by atoms with Gasteiger partial charge in [0.1, 0.15) is 5.69 Å². The SMILES string of the molecule is Cn1cccc1C(=O)NCC1CCCC1C(=O)O. The predicted molar refractivity (Wildman–Crippen MR) is 66.2 cm³/mol. The molecule has 5 heteroatoms. The summed E-state index contributed by atoms with van der Waals surface area (Å²) in [6, 6.07) is 3.56. The molecule has 0 aliphatic heterocycles. The van der Waals surface area contributed by atoms with Crippen molar-refractivity contribution in [3.63, 3.8) is 0 Å². The molecule has 2 N–H and O–H groups in total. The third kappa shape index (κ3) is 2.55. The number of aliphatic carboxylic acids is 1. The summed E-state index contributed by atoms with van der Waals surface area (Å²) in [5, 5.41) is 11.9. The quantitative estimate of drug-likeness (QED) is 0.845. The lowest BCUT2D eigenvalue weighted by Gasteiger charge is -2.16. The van der Waals surface area contributed by atoms with E-state index in [0.29, 0.717) is 12.2 Å². The maximum absolute atomic E-state index is 11.9. The molecule has 0 radical (unpaired) electrons. The van der Waals surface area contributed by atoms with Gasteiger partial charge in [-0.2, -0.15) is 0 Å². The number of hydrogen-bond donors (Lipinski definition) is 2. The topological polar surface area (TPSA) is 71.3 Å². The Labute approximate surface area is 106 Å². The minimum absolute atomic E-state index is 0.0618. The van der Waals surface area contributed by atoms with Crippen molar-refractivity contribution in [1.82, 2.24) is 9.88 Å². The van der Waals surface area contributed by atoms with Gasteiger partial charge >= 0.3 is 5.97 Å². The van der Waals surface area contributed by atoms with E-state index in [9.17, 15) is 9.59 Å². The van der Waals surface area contributed by atoms with Crippen molar-refractivity contribution in [3.8, 4) is 0 Å². The molecule has 18 heavy (non-hydrogen) atoms. The zero-order valence-corrected chi connectivity index (χ0v) is 10.4. The van der Waals surface area contributed by atoms with E-state index in [1.807, 2.05) is 19.3 Å². The van der Waals surface area contributed by atoms with Crippen LogP contribution in [-0.2, 0) is 11.8 Å². The third-order valence-electron chi connectivity index (χ3n) is 3.68. The molecule has 1 amide bonds. The highest BCUT2D eigenvalue weighted by Crippen LogP contribution is 2.31. The lowest BCUT2D eigenvalue weighted by atomic mass is 9.96. The van der Waals surface area contributed by atoms with Crippen LogP contribution >= 0.6 is 0 Å². The maximum Gasteiger partial charge on any atom is 0.306 e. The number of carbonyl (C=O) groups excluding carboxylic acids is 1. The number of carboxylic acid groups (broad SMARTS) is 1. The van der Waals surface area contributed by atoms with E-state index in [4.69, 9.17) is 5.11 Å². The largest absolute Gasteiger partial charge is 0.481 e. The first kappa shape index (κ1) is 12.7. The second-order valence-corrected chi connectivity index (χ2v) is 4.85. The molecule has 1 heterocycles. The number of rotatable bonds is 4. The smallest absolute Gasteiger partial charge is 0.306 e. The molecule has 1 aliphatic rings. The van der Waals surface area contributed by atoms with Gasteiger partial charge in [-0.05, 0) is 30.9 Å². The molecule has 1 aromatic heterocycles. The molecule has 1 fully saturated rings. The first-order valence-corrected chi connectivity index (χ1v) is 6.22. The van der Waals surface area contributed by atoms with Crippen LogP contribution in [0.4, 0.5) is 0 Å². The predicted octanol–water partition coefficient (Wildman–Crippen LogP) is 1.26. The number of aryl methyl sites for hydroxylation is 1. The van der Waals surface area contributed by atoms with Crippen LogP contribution in [0.25, 0.3) is 0 Å². The summed E-state index contributed by atoms with van der Waals surface area (Å²) in [6.45, 7) is 0.445. The summed E-state index contributed by atoms with van der Waals surface area (Å²) in [5.41, 5.74) is 0.597. The molecule has 98 valence electrons. The van der Waals surface area contributed by atoms with Crippen LogP contribution in [0.1, 0.15) is 29.8 Å². The van der Waals surface area contributed by atoms with E-state index in [1.54, 1.807) is 10.6 Å². The molecule has 5 nitrogen and oxygen atoms in total. The number of carbonyl (C=O) groups is 2. The van der Waals surface area contributed by atoms with Crippen LogP contribution in [-0.4, -0.2) is 28.1 Å². The number of hydrogen-bond acceptors (Lipinski definition) is 2. The number of nitrogens with one attached hydrogen (secondary N) is 1. The minimum Gasteiger partial charge on any atom is -0.481 e. The first-order valence-electron chi connectivity index (χ1n) is 6.22. The Balaban J connectivity index is 1.90. The van der Waals surface area contributed by atoms with Gasteiger partial charge in [0.15, 0.2) is 0 Å². The van der Waals surface area contributed by atoms with Gasteiger partial charge in [0.25, 0.3) is 5.91 Å². The Kier molecular flexibility index (Phi) is 3.69. The van der Waals surface area contributed by atoms with Crippen LogP contribution in [0.5, 0.6) is 0 Å². The van der Waals surface area contributed by atoms with E-state index in [2.05, 4.69) is 5.32 Å². The van der Waals surface area contributed by atoms with Crippen molar-refractivity contribution in [1.29, 1.82) is 0 Å². The molecule has 2 unspecified atom stereocenters. The second kappa shape index (κ2) is 5.25. The average molecular weight is 250 g/mol. The van der Waals surface area contributed by atoms with Crippen molar-refractivity contribution < 1.29 is 14.7 Å². The van der Waals surface area contributed by atoms with E-state index in [1.165, 1.54) is 0 Å². The highest BCUT2D eigenvalue weighted by atomic mass is 16.4. The lowest BCUT2D eigenvalue weighted by Crippen LogP contribution is -2.33. The maximum atomic E-state index is 11.9. The molecule has 0 bridgehead atoms. The Morgan fingerprint density at radius 3 is 2.89 bits per heavy atom. The normalized spacial score (nSPS) is 22.9. The fraction of sp³-hybridized carbons (Fsp3) is 0.538. The van der Waals surface area contributed by atoms with Crippen molar-refractivity contribution >= 4 is 11.9 Å². The number of amides is 1. The van der Waals surface area contributed by atoms with Crippen LogP contribution < -0.4 is 5.32 Å². The second-order valence-electron chi connectivity index (χ2n) is 4.85. The standard InChI is InChI=1S/C13H18N2O3/c1-15-7-3-6-11(15)12(16)14-8-9-4-2-5-10(9)13(17)18/h3,6-7,9-10H,2,4-5,8H2,1H3,(H,14,16)(H,17,18). The van der Waals surface area contributed by atoms with Crippen molar-refractivity contribution in [2.75, 3.05) is 6.54 Å². The molecule has 1 saturated carbocycles. The molecule has 0 spiro atoms. The highest BCUT2D eigenvalue weighted by Gasteiger charge is 2.32. The van der Waals surface area contributed by atoms with Crippen LogP contribution in [0.2, 0.25) is 0 Å². The van der Waals surface area contributed by atoms with Gasteiger partial charge in [-0.25, -0.2) is 0 Å². The van der Waals surface area contributed by atoms with Crippen molar-refractivity contribution in [3.05, 3.63) is 24.0 Å². The molecule has 1 aromatic rings. The third-order valence-corrected chi connectivity index (χ3v) is 3.68. The number of aromatic nitrogens is 1. The Bertz CT molecular complexity index is 453. The minimum atomic E-state index is -0.745. The van der Waals surface area contributed by atoms with Gasteiger partial charge in [0.05, 0.1) is 5.92 Å². The van der Waals surface area contributed by atoms with E-state index < -0.39 is 5.97 Å². The monoisotopic (exact) mass is 250 g/mol. The first-order chi connectivity index (χ1) is 8.59. The molecule has 0 saturated heterocycles. The number of carboxylic acids is 1. The fourth-order valence-corrected chi connectivity index (χ4v) is 2.62. The Morgan fingerprint density at radius 1 is 1.50 bits per heavy atom. The van der Waals surface area contributed by atoms with E-state index >= 15 is 0 Å². The molecule has 0 aromatic carbocycles. The summed E-state index contributed by atoms with van der Waals surface area (Å²) in [4.78, 5) is 22.9. The summed E-state index contributed by atoms with van der Waals surface area (Å²) < 4.78 is 1.75. The molecule has 1 aliphatic carbocycles. The zero-order valence-electron chi connectivity index (χ0n) is 10.4. The summed E-state index contributed by atoms with van der Waals surface area (Å²) in [5.74, 6) is -1.13. The van der Waals surface area contributed by atoms with E-state index in [0.717, 1.165) is 19.3 Å². The van der Waals surface area contributed by atoms with Gasteiger partial charge in [0.2, 0.25) is 0 Å². The van der Waals surface area contributed by atoms with Crippen molar-refractivity contribution in [2.45, 2.75) is 19.3 Å². The Morgan fingerprint density at radius 2 is 2.28 bits per heavy atom. The molecular formula is C13H18N2O3. The van der Waals surface area contributed by atoms with Gasteiger partial charge in [-0.15, -0.1) is 0 Å². The highest BCUT2D eigenvalue weighted by molar-refractivity contribution is 5.92. The van der Waals surface area contributed by atoms with Gasteiger partial charge in [-0.3, -0.25) is 9.59 Å².